The summed E-state index contributed by atoms with van der Waals surface area (Å²) in [5.41, 5.74) is 3.89. The van der Waals surface area contributed by atoms with E-state index in [1.807, 2.05) is 37.3 Å². The van der Waals surface area contributed by atoms with Crippen molar-refractivity contribution in [2.75, 3.05) is 0 Å². The fourth-order valence-electron chi connectivity index (χ4n) is 2.17. The number of aromatic nitrogens is 1. The summed E-state index contributed by atoms with van der Waals surface area (Å²) in [7, 11) is 1.65. The van der Waals surface area contributed by atoms with E-state index in [1.165, 1.54) is 11.6 Å². The molecule has 0 saturated carbocycles. The number of hydrogen-bond donors (Lipinski definition) is 0. The van der Waals surface area contributed by atoms with Crippen molar-refractivity contribution in [3.05, 3.63) is 60.3 Å². The molecule has 5 heteroatoms. The van der Waals surface area contributed by atoms with Crippen LogP contribution in [0, 0.1) is 6.92 Å². The van der Waals surface area contributed by atoms with Crippen LogP contribution in [-0.4, -0.2) is 13.4 Å². The summed E-state index contributed by atoms with van der Waals surface area (Å²) in [6.07, 6.45) is 1.78. The number of rotatable bonds is 2. The average Bonchev–Trinajstić information content (AvgIpc) is 2.46. The minimum atomic E-state index is -3.73. The molecule has 0 radical (unpaired) electrons. The molecule has 1 heterocycles. The molecule has 106 valence electrons. The van der Waals surface area contributed by atoms with E-state index in [0.717, 1.165) is 22.0 Å². The smallest absolute Gasteiger partial charge is 0.256 e. The second-order valence-corrected chi connectivity index (χ2v) is 7.45. The van der Waals surface area contributed by atoms with Crippen molar-refractivity contribution in [2.24, 2.45) is 0 Å². The highest BCUT2D eigenvalue weighted by Crippen LogP contribution is 2.25. The van der Waals surface area contributed by atoms with Gasteiger partial charge in [-0.25, -0.2) is 8.42 Å². The maximum atomic E-state index is 11.4. The zero-order valence-electron chi connectivity index (χ0n) is 11.2. The van der Waals surface area contributed by atoms with Crippen molar-refractivity contribution in [3.8, 4) is 11.1 Å². The molecule has 0 aliphatic carbocycles. The Balaban J connectivity index is 2.16. The van der Waals surface area contributed by atoms with Gasteiger partial charge in [0.1, 0.15) is 0 Å². The van der Waals surface area contributed by atoms with Gasteiger partial charge in [0.05, 0.1) is 10.4 Å². The van der Waals surface area contributed by atoms with Gasteiger partial charge in [0.2, 0.25) is 0 Å². The largest absolute Gasteiger partial charge is 0.261 e. The van der Waals surface area contributed by atoms with Gasteiger partial charge in [-0.05, 0) is 36.8 Å². The summed E-state index contributed by atoms with van der Waals surface area (Å²) in [6.45, 7) is 2.03. The van der Waals surface area contributed by atoms with E-state index in [2.05, 4.69) is 4.98 Å². The quantitative estimate of drug-likeness (QED) is 0.667. The van der Waals surface area contributed by atoms with Crippen LogP contribution in [0.25, 0.3) is 22.0 Å². The van der Waals surface area contributed by atoms with Crippen LogP contribution < -0.4 is 0 Å². The van der Waals surface area contributed by atoms with E-state index < -0.39 is 9.05 Å². The number of halogens is 1. The Labute approximate surface area is 127 Å². The van der Waals surface area contributed by atoms with E-state index in [-0.39, 0.29) is 4.90 Å². The van der Waals surface area contributed by atoms with Gasteiger partial charge in [-0.1, -0.05) is 29.8 Å². The molecule has 0 bridgehead atoms. The van der Waals surface area contributed by atoms with Crippen LogP contribution in [0.2, 0.25) is 0 Å². The van der Waals surface area contributed by atoms with E-state index >= 15 is 0 Å². The van der Waals surface area contributed by atoms with E-state index in [0.29, 0.717) is 0 Å². The van der Waals surface area contributed by atoms with Gasteiger partial charge in [0, 0.05) is 27.8 Å². The molecule has 0 N–H and O–H groups in total. The van der Waals surface area contributed by atoms with Crippen LogP contribution in [-0.2, 0) is 9.05 Å². The first-order chi connectivity index (χ1) is 9.93. The molecule has 1 aromatic heterocycles. The first-order valence-corrected chi connectivity index (χ1v) is 8.66. The molecule has 0 unspecified atom stereocenters. The lowest BCUT2D eigenvalue weighted by molar-refractivity contribution is 0.609. The predicted octanol–water partition coefficient (Wildman–Crippen LogP) is 4.14. The Morgan fingerprint density at radius 2 is 1.67 bits per heavy atom. The van der Waals surface area contributed by atoms with Gasteiger partial charge < -0.3 is 0 Å². The highest BCUT2D eigenvalue weighted by atomic mass is 35.7. The average molecular weight is 318 g/mol. The Morgan fingerprint density at radius 3 is 2.33 bits per heavy atom. The van der Waals surface area contributed by atoms with E-state index in [1.54, 1.807) is 18.3 Å². The molecule has 0 aliphatic rings. The number of pyridine rings is 1. The van der Waals surface area contributed by atoms with Gasteiger partial charge >= 0.3 is 0 Å². The monoisotopic (exact) mass is 317 g/mol. The van der Waals surface area contributed by atoms with Crippen molar-refractivity contribution in [1.82, 2.24) is 4.98 Å². The number of aryl methyl sites for hydroxylation is 1. The Morgan fingerprint density at radius 1 is 0.952 bits per heavy atom. The highest BCUT2D eigenvalue weighted by Gasteiger charge is 2.11. The molecule has 0 atom stereocenters. The standard InChI is InChI=1S/C16H12ClNO2S/c1-11-2-4-12(5-3-11)14-8-13-9-15(21(17,19)20)6-7-16(13)18-10-14/h2-10H,1H3. The summed E-state index contributed by atoms with van der Waals surface area (Å²) in [5, 5.41) is 0.745. The van der Waals surface area contributed by atoms with E-state index in [9.17, 15) is 8.42 Å². The van der Waals surface area contributed by atoms with Crippen molar-refractivity contribution < 1.29 is 8.42 Å². The minimum Gasteiger partial charge on any atom is -0.256 e. The molecule has 0 amide bonds. The Bertz CT molecular complexity index is 919. The van der Waals surface area contributed by atoms with Crippen LogP contribution in [0.15, 0.2) is 59.6 Å². The third kappa shape index (κ3) is 2.91. The summed E-state index contributed by atoms with van der Waals surface area (Å²) in [6, 6.07) is 14.7. The van der Waals surface area contributed by atoms with E-state index in [4.69, 9.17) is 10.7 Å². The second-order valence-electron chi connectivity index (χ2n) is 4.88. The third-order valence-corrected chi connectivity index (χ3v) is 4.67. The van der Waals surface area contributed by atoms with Crippen molar-refractivity contribution in [3.63, 3.8) is 0 Å². The van der Waals surface area contributed by atoms with Gasteiger partial charge in [-0.2, -0.15) is 0 Å². The molecular weight excluding hydrogens is 306 g/mol. The fourth-order valence-corrected chi connectivity index (χ4v) is 2.95. The zero-order valence-corrected chi connectivity index (χ0v) is 12.8. The lowest BCUT2D eigenvalue weighted by atomic mass is 10.0. The zero-order chi connectivity index (χ0) is 15.0. The second kappa shape index (κ2) is 5.13. The molecule has 0 fully saturated rings. The first-order valence-electron chi connectivity index (χ1n) is 6.35. The normalized spacial score (nSPS) is 11.7. The maximum absolute atomic E-state index is 11.4. The molecule has 21 heavy (non-hydrogen) atoms. The van der Waals surface area contributed by atoms with Crippen LogP contribution in [0.3, 0.4) is 0 Å². The molecular formula is C16H12ClNO2S. The number of hydrogen-bond acceptors (Lipinski definition) is 3. The molecule has 0 spiro atoms. The summed E-state index contributed by atoms with van der Waals surface area (Å²) >= 11 is 0. The Kier molecular flexibility index (Phi) is 3.43. The first kappa shape index (κ1) is 14.0. The SMILES string of the molecule is Cc1ccc(-c2cnc3ccc(S(=O)(=O)Cl)cc3c2)cc1. The summed E-state index contributed by atoms with van der Waals surface area (Å²) in [4.78, 5) is 4.45. The van der Waals surface area contributed by atoms with Gasteiger partial charge in [-0.15, -0.1) is 0 Å². The number of nitrogens with zero attached hydrogens (tertiary/aromatic N) is 1. The van der Waals surface area contributed by atoms with Gasteiger partial charge in [0.25, 0.3) is 9.05 Å². The van der Waals surface area contributed by atoms with Crippen LogP contribution >= 0.6 is 10.7 Å². The molecule has 3 aromatic rings. The lowest BCUT2D eigenvalue weighted by Crippen LogP contribution is -1.91. The number of benzene rings is 2. The topological polar surface area (TPSA) is 47.0 Å². The van der Waals surface area contributed by atoms with Gasteiger partial charge in [0.15, 0.2) is 0 Å². The van der Waals surface area contributed by atoms with Crippen LogP contribution in [0.4, 0.5) is 0 Å². The maximum Gasteiger partial charge on any atom is 0.261 e. The molecule has 2 aromatic carbocycles. The summed E-state index contributed by atoms with van der Waals surface area (Å²) < 4.78 is 22.8. The minimum absolute atomic E-state index is 0.0829. The molecule has 3 rings (SSSR count). The summed E-state index contributed by atoms with van der Waals surface area (Å²) in [5.74, 6) is 0. The van der Waals surface area contributed by atoms with Crippen LogP contribution in [0.1, 0.15) is 5.56 Å². The lowest BCUT2D eigenvalue weighted by Gasteiger charge is -2.05. The number of fused-ring (bicyclic) bond motifs is 1. The fraction of sp³-hybridized carbons (Fsp3) is 0.0625. The molecule has 3 nitrogen and oxygen atoms in total. The Hall–Kier alpha value is -1.91. The van der Waals surface area contributed by atoms with Crippen molar-refractivity contribution >= 4 is 30.6 Å². The molecule has 0 aliphatic heterocycles. The van der Waals surface area contributed by atoms with Crippen LogP contribution in [0.5, 0.6) is 0 Å². The van der Waals surface area contributed by atoms with Crippen molar-refractivity contribution in [2.45, 2.75) is 11.8 Å². The highest BCUT2D eigenvalue weighted by molar-refractivity contribution is 8.13. The van der Waals surface area contributed by atoms with Crippen molar-refractivity contribution in [1.29, 1.82) is 0 Å². The predicted molar refractivity (Wildman–Crippen MR) is 85.0 cm³/mol. The van der Waals surface area contributed by atoms with Gasteiger partial charge in [-0.3, -0.25) is 4.98 Å². The molecule has 0 saturated heterocycles. The third-order valence-electron chi connectivity index (χ3n) is 3.32.